The van der Waals surface area contributed by atoms with Crippen LogP contribution in [0, 0.1) is 12.7 Å². The molecule has 2 rings (SSSR count). The van der Waals surface area contributed by atoms with Crippen LogP contribution in [0.3, 0.4) is 0 Å². The molecule has 88 valence electrons. The molecule has 0 saturated carbocycles. The molecule has 0 amide bonds. The van der Waals surface area contributed by atoms with Crippen molar-refractivity contribution in [2.75, 3.05) is 5.73 Å². The van der Waals surface area contributed by atoms with Crippen LogP contribution in [-0.4, -0.2) is 9.97 Å². The zero-order chi connectivity index (χ0) is 12.3. The van der Waals surface area contributed by atoms with Crippen molar-refractivity contribution < 1.29 is 9.13 Å². The van der Waals surface area contributed by atoms with Gasteiger partial charge in [0.2, 0.25) is 0 Å². The summed E-state index contributed by atoms with van der Waals surface area (Å²) in [6, 6.07) is 7.46. The first kappa shape index (κ1) is 11.3. The Kier molecular flexibility index (Phi) is 3.18. The minimum Gasteiger partial charge on any atom is -0.487 e. The molecule has 1 aromatic heterocycles. The van der Waals surface area contributed by atoms with Crippen molar-refractivity contribution in [2.45, 2.75) is 13.5 Å². The smallest absolute Gasteiger partial charge is 0.130 e. The van der Waals surface area contributed by atoms with E-state index in [-0.39, 0.29) is 12.4 Å². The van der Waals surface area contributed by atoms with Gasteiger partial charge in [0.1, 0.15) is 29.8 Å². The van der Waals surface area contributed by atoms with Crippen LogP contribution in [-0.2, 0) is 6.61 Å². The number of nitrogens with two attached hydrogens (primary N) is 1. The number of benzene rings is 1. The summed E-state index contributed by atoms with van der Waals surface area (Å²) < 4.78 is 18.1. The minimum absolute atomic E-state index is 0.277. The SMILES string of the molecule is Cc1nc(N)cc(COc2ccc(F)cc2)n1. The number of anilines is 1. The molecule has 0 spiro atoms. The molecule has 2 N–H and O–H groups in total. The van der Waals surface area contributed by atoms with Gasteiger partial charge >= 0.3 is 0 Å². The zero-order valence-electron chi connectivity index (χ0n) is 9.35. The van der Waals surface area contributed by atoms with Gasteiger partial charge < -0.3 is 10.5 Å². The van der Waals surface area contributed by atoms with Crippen LogP contribution in [0.4, 0.5) is 10.2 Å². The molecular weight excluding hydrogens is 221 g/mol. The first-order valence-electron chi connectivity index (χ1n) is 5.12. The van der Waals surface area contributed by atoms with E-state index in [1.54, 1.807) is 25.1 Å². The van der Waals surface area contributed by atoms with E-state index in [9.17, 15) is 4.39 Å². The molecule has 0 bridgehead atoms. The van der Waals surface area contributed by atoms with Crippen molar-refractivity contribution >= 4 is 5.82 Å². The fourth-order valence-electron chi connectivity index (χ4n) is 1.42. The van der Waals surface area contributed by atoms with E-state index >= 15 is 0 Å². The number of halogens is 1. The van der Waals surface area contributed by atoms with Crippen LogP contribution in [0.2, 0.25) is 0 Å². The van der Waals surface area contributed by atoms with Gasteiger partial charge in [-0.25, -0.2) is 14.4 Å². The Morgan fingerprint density at radius 2 is 1.94 bits per heavy atom. The van der Waals surface area contributed by atoms with E-state index in [1.807, 2.05) is 0 Å². The molecule has 0 saturated heterocycles. The van der Waals surface area contributed by atoms with Gasteiger partial charge in [-0.3, -0.25) is 0 Å². The lowest BCUT2D eigenvalue weighted by molar-refractivity contribution is 0.300. The van der Waals surface area contributed by atoms with Gasteiger partial charge in [0.15, 0.2) is 0 Å². The Bertz CT molecular complexity index is 493. The molecule has 1 heterocycles. The molecule has 4 nitrogen and oxygen atoms in total. The molecule has 0 atom stereocenters. The van der Waals surface area contributed by atoms with Crippen LogP contribution in [0.1, 0.15) is 11.5 Å². The minimum atomic E-state index is -0.292. The number of ether oxygens (including phenoxy) is 1. The quantitative estimate of drug-likeness (QED) is 0.881. The van der Waals surface area contributed by atoms with Crippen LogP contribution in [0.25, 0.3) is 0 Å². The van der Waals surface area contributed by atoms with Crippen molar-refractivity contribution in [1.82, 2.24) is 9.97 Å². The topological polar surface area (TPSA) is 61.0 Å². The van der Waals surface area contributed by atoms with Crippen LogP contribution in [0.15, 0.2) is 30.3 Å². The highest BCUT2D eigenvalue weighted by molar-refractivity contribution is 5.30. The number of aromatic nitrogens is 2. The van der Waals surface area contributed by atoms with E-state index in [0.29, 0.717) is 23.1 Å². The highest BCUT2D eigenvalue weighted by atomic mass is 19.1. The summed E-state index contributed by atoms with van der Waals surface area (Å²) >= 11 is 0. The number of rotatable bonds is 3. The van der Waals surface area contributed by atoms with E-state index in [4.69, 9.17) is 10.5 Å². The fraction of sp³-hybridized carbons (Fsp3) is 0.167. The van der Waals surface area contributed by atoms with E-state index in [2.05, 4.69) is 9.97 Å². The van der Waals surface area contributed by atoms with Crippen molar-refractivity contribution in [2.24, 2.45) is 0 Å². The molecule has 0 aliphatic heterocycles. The standard InChI is InChI=1S/C12H12FN3O/c1-8-15-10(6-12(14)16-8)7-17-11-4-2-9(13)3-5-11/h2-6H,7H2,1H3,(H2,14,15,16). The molecule has 0 aliphatic rings. The molecule has 0 aliphatic carbocycles. The number of aryl methyl sites for hydroxylation is 1. The van der Waals surface area contributed by atoms with Gasteiger partial charge in [-0.1, -0.05) is 0 Å². The average molecular weight is 233 g/mol. The lowest BCUT2D eigenvalue weighted by Gasteiger charge is -2.06. The van der Waals surface area contributed by atoms with Gasteiger partial charge in [0.25, 0.3) is 0 Å². The molecule has 0 fully saturated rings. The second kappa shape index (κ2) is 4.78. The predicted octanol–water partition coefficient (Wildman–Crippen LogP) is 2.09. The number of nitrogens with zero attached hydrogens (tertiary/aromatic N) is 2. The number of hydrogen-bond acceptors (Lipinski definition) is 4. The lowest BCUT2D eigenvalue weighted by atomic mass is 10.3. The number of nitrogen functional groups attached to an aromatic ring is 1. The van der Waals surface area contributed by atoms with Crippen LogP contribution >= 0.6 is 0 Å². The maximum atomic E-state index is 12.7. The third-order valence-electron chi connectivity index (χ3n) is 2.11. The molecule has 2 aromatic rings. The number of hydrogen-bond donors (Lipinski definition) is 1. The Morgan fingerprint density at radius 1 is 1.24 bits per heavy atom. The normalized spacial score (nSPS) is 10.2. The monoisotopic (exact) mass is 233 g/mol. The summed E-state index contributed by atoms with van der Waals surface area (Å²) in [7, 11) is 0. The van der Waals surface area contributed by atoms with Gasteiger partial charge in [-0.15, -0.1) is 0 Å². The molecule has 1 aromatic carbocycles. The average Bonchev–Trinajstić information content (AvgIpc) is 2.27. The second-order valence-electron chi connectivity index (χ2n) is 3.57. The summed E-state index contributed by atoms with van der Waals surface area (Å²) in [6.45, 7) is 2.04. The van der Waals surface area contributed by atoms with Crippen LogP contribution < -0.4 is 10.5 Å². The van der Waals surface area contributed by atoms with Crippen molar-refractivity contribution in [3.05, 3.63) is 47.7 Å². The second-order valence-corrected chi connectivity index (χ2v) is 3.57. The third kappa shape index (κ3) is 3.14. The van der Waals surface area contributed by atoms with Gasteiger partial charge in [-0.2, -0.15) is 0 Å². The lowest BCUT2D eigenvalue weighted by Crippen LogP contribution is -2.03. The first-order chi connectivity index (χ1) is 8.13. The Hall–Kier alpha value is -2.17. The fourth-order valence-corrected chi connectivity index (χ4v) is 1.42. The predicted molar refractivity (Wildman–Crippen MR) is 61.9 cm³/mol. The molecule has 0 unspecified atom stereocenters. The van der Waals surface area contributed by atoms with Gasteiger partial charge in [0.05, 0.1) is 5.69 Å². The van der Waals surface area contributed by atoms with E-state index < -0.39 is 0 Å². The van der Waals surface area contributed by atoms with Crippen molar-refractivity contribution in [1.29, 1.82) is 0 Å². The summed E-state index contributed by atoms with van der Waals surface area (Å²) in [6.07, 6.45) is 0. The van der Waals surface area contributed by atoms with Crippen LogP contribution in [0.5, 0.6) is 5.75 Å². The molecular formula is C12H12FN3O. The Morgan fingerprint density at radius 3 is 2.59 bits per heavy atom. The summed E-state index contributed by atoms with van der Waals surface area (Å²) in [5.41, 5.74) is 6.29. The Labute approximate surface area is 98.3 Å². The van der Waals surface area contributed by atoms with Crippen molar-refractivity contribution in [3.8, 4) is 5.75 Å². The Balaban J connectivity index is 2.04. The zero-order valence-corrected chi connectivity index (χ0v) is 9.35. The van der Waals surface area contributed by atoms with E-state index in [1.165, 1.54) is 12.1 Å². The van der Waals surface area contributed by atoms with Gasteiger partial charge in [0, 0.05) is 6.07 Å². The third-order valence-corrected chi connectivity index (χ3v) is 2.11. The molecule has 0 radical (unpaired) electrons. The largest absolute Gasteiger partial charge is 0.487 e. The highest BCUT2D eigenvalue weighted by Crippen LogP contribution is 2.13. The first-order valence-corrected chi connectivity index (χ1v) is 5.12. The maximum Gasteiger partial charge on any atom is 0.130 e. The maximum absolute atomic E-state index is 12.7. The summed E-state index contributed by atoms with van der Waals surface area (Å²) in [4.78, 5) is 8.14. The summed E-state index contributed by atoms with van der Waals surface area (Å²) in [5, 5.41) is 0. The molecule has 5 heteroatoms. The van der Waals surface area contributed by atoms with Gasteiger partial charge in [-0.05, 0) is 31.2 Å². The highest BCUT2D eigenvalue weighted by Gasteiger charge is 2.01. The summed E-state index contributed by atoms with van der Waals surface area (Å²) in [5.74, 6) is 1.30. The molecule has 17 heavy (non-hydrogen) atoms. The van der Waals surface area contributed by atoms with E-state index in [0.717, 1.165) is 0 Å². The van der Waals surface area contributed by atoms with Crippen molar-refractivity contribution in [3.63, 3.8) is 0 Å².